The average molecular weight is 316 g/mol. The van der Waals surface area contributed by atoms with Crippen molar-refractivity contribution in [1.82, 2.24) is 19.9 Å². The fourth-order valence-corrected chi connectivity index (χ4v) is 2.59. The maximum absolute atomic E-state index is 12.7. The van der Waals surface area contributed by atoms with Crippen LogP contribution in [0.5, 0.6) is 0 Å². The molecule has 1 saturated heterocycles. The topological polar surface area (TPSA) is 97.6 Å². The maximum Gasteiger partial charge on any atom is 0.305 e. The van der Waals surface area contributed by atoms with Gasteiger partial charge in [0.05, 0.1) is 43.8 Å². The molecular weight excluding hydrogens is 300 g/mol. The molecule has 0 spiro atoms. The second kappa shape index (κ2) is 6.57. The van der Waals surface area contributed by atoms with Crippen molar-refractivity contribution >= 4 is 11.9 Å². The quantitative estimate of drug-likeness (QED) is 0.886. The molecule has 1 aromatic carbocycles. The summed E-state index contributed by atoms with van der Waals surface area (Å²) in [5, 5.41) is 16.6. The van der Waals surface area contributed by atoms with Crippen LogP contribution in [0.1, 0.15) is 16.8 Å². The van der Waals surface area contributed by atoms with E-state index in [0.717, 1.165) is 5.69 Å². The van der Waals surface area contributed by atoms with Crippen molar-refractivity contribution in [2.24, 2.45) is 0 Å². The SMILES string of the molecule is O=C(O)CC1COCCN1C(=O)c1cccc(-n2ccnn2)c1. The molecule has 2 aromatic rings. The molecule has 8 heteroatoms. The number of carbonyl (C=O) groups is 2. The molecule has 120 valence electrons. The molecule has 0 saturated carbocycles. The fourth-order valence-electron chi connectivity index (χ4n) is 2.59. The third kappa shape index (κ3) is 3.37. The normalized spacial score (nSPS) is 17.9. The molecule has 1 aliphatic heterocycles. The van der Waals surface area contributed by atoms with Crippen LogP contribution in [0, 0.1) is 0 Å². The number of amides is 1. The molecule has 1 fully saturated rings. The van der Waals surface area contributed by atoms with E-state index in [1.807, 2.05) is 6.07 Å². The highest BCUT2D eigenvalue weighted by atomic mass is 16.5. The Bertz CT molecular complexity index is 701. The van der Waals surface area contributed by atoms with Crippen LogP contribution in [0.15, 0.2) is 36.7 Å². The van der Waals surface area contributed by atoms with Crippen molar-refractivity contribution in [1.29, 1.82) is 0 Å². The number of hydrogen-bond donors (Lipinski definition) is 1. The molecule has 1 N–H and O–H groups in total. The number of carboxylic acid groups (broad SMARTS) is 1. The average Bonchev–Trinajstić information content (AvgIpc) is 3.09. The van der Waals surface area contributed by atoms with Gasteiger partial charge < -0.3 is 14.7 Å². The highest BCUT2D eigenvalue weighted by Crippen LogP contribution is 2.17. The summed E-state index contributed by atoms with van der Waals surface area (Å²) < 4.78 is 6.86. The molecule has 1 aliphatic rings. The van der Waals surface area contributed by atoms with Crippen LogP contribution in [0.2, 0.25) is 0 Å². The predicted molar refractivity (Wildman–Crippen MR) is 79.3 cm³/mol. The second-order valence-electron chi connectivity index (χ2n) is 5.22. The van der Waals surface area contributed by atoms with E-state index in [2.05, 4.69) is 10.3 Å². The zero-order valence-corrected chi connectivity index (χ0v) is 12.3. The van der Waals surface area contributed by atoms with Gasteiger partial charge >= 0.3 is 5.97 Å². The standard InChI is InChI=1S/C15H16N4O4/c20-14(21)9-13-10-23-7-6-18(13)15(22)11-2-1-3-12(8-11)19-5-4-16-17-19/h1-5,8,13H,6-7,9-10H2,(H,20,21). The molecule has 1 amide bonds. The van der Waals surface area contributed by atoms with Crippen molar-refractivity contribution in [3.05, 3.63) is 42.2 Å². The van der Waals surface area contributed by atoms with E-state index in [1.54, 1.807) is 40.2 Å². The highest BCUT2D eigenvalue weighted by molar-refractivity contribution is 5.95. The van der Waals surface area contributed by atoms with E-state index in [0.29, 0.717) is 18.7 Å². The molecule has 1 unspecified atom stereocenters. The van der Waals surface area contributed by atoms with Gasteiger partial charge in [0, 0.05) is 12.1 Å². The van der Waals surface area contributed by atoms with E-state index in [1.165, 1.54) is 0 Å². The number of aliphatic carboxylic acids is 1. The minimum atomic E-state index is -0.949. The summed E-state index contributed by atoms with van der Waals surface area (Å²) in [6, 6.07) is 6.54. The Morgan fingerprint density at radius 1 is 1.39 bits per heavy atom. The van der Waals surface area contributed by atoms with E-state index >= 15 is 0 Å². The van der Waals surface area contributed by atoms with Crippen LogP contribution in [0.3, 0.4) is 0 Å². The van der Waals surface area contributed by atoms with Gasteiger partial charge in [-0.15, -0.1) is 5.10 Å². The Hall–Kier alpha value is -2.74. The van der Waals surface area contributed by atoms with Crippen molar-refractivity contribution in [3.63, 3.8) is 0 Å². The fraction of sp³-hybridized carbons (Fsp3) is 0.333. The van der Waals surface area contributed by atoms with Crippen LogP contribution < -0.4 is 0 Å². The van der Waals surface area contributed by atoms with E-state index < -0.39 is 12.0 Å². The molecule has 0 aliphatic carbocycles. The second-order valence-corrected chi connectivity index (χ2v) is 5.22. The summed E-state index contributed by atoms with van der Waals surface area (Å²) in [4.78, 5) is 25.3. The molecule has 3 rings (SSSR count). The summed E-state index contributed by atoms with van der Waals surface area (Å²) in [6.45, 7) is 1.02. The number of ether oxygens (including phenoxy) is 1. The number of benzene rings is 1. The van der Waals surface area contributed by atoms with Gasteiger partial charge in [-0.3, -0.25) is 9.59 Å². The van der Waals surface area contributed by atoms with Crippen LogP contribution in [-0.2, 0) is 9.53 Å². The van der Waals surface area contributed by atoms with Crippen molar-refractivity contribution in [2.45, 2.75) is 12.5 Å². The molecule has 23 heavy (non-hydrogen) atoms. The lowest BCUT2D eigenvalue weighted by Crippen LogP contribution is -2.49. The number of carbonyl (C=O) groups excluding carboxylic acids is 1. The monoisotopic (exact) mass is 316 g/mol. The number of rotatable bonds is 4. The first-order valence-corrected chi connectivity index (χ1v) is 7.22. The van der Waals surface area contributed by atoms with E-state index in [9.17, 15) is 9.59 Å². The first kappa shape index (κ1) is 15.2. The lowest BCUT2D eigenvalue weighted by molar-refractivity contribution is -0.139. The minimum Gasteiger partial charge on any atom is -0.481 e. The lowest BCUT2D eigenvalue weighted by Gasteiger charge is -2.35. The van der Waals surface area contributed by atoms with Crippen LogP contribution >= 0.6 is 0 Å². The van der Waals surface area contributed by atoms with Crippen molar-refractivity contribution in [2.75, 3.05) is 19.8 Å². The summed E-state index contributed by atoms with van der Waals surface area (Å²) in [5.41, 5.74) is 1.20. The van der Waals surface area contributed by atoms with E-state index in [-0.39, 0.29) is 18.9 Å². The van der Waals surface area contributed by atoms with E-state index in [4.69, 9.17) is 9.84 Å². The zero-order chi connectivity index (χ0) is 16.2. The van der Waals surface area contributed by atoms with Crippen LogP contribution in [0.4, 0.5) is 0 Å². The first-order valence-electron chi connectivity index (χ1n) is 7.22. The Morgan fingerprint density at radius 3 is 3.00 bits per heavy atom. The Balaban J connectivity index is 1.84. The maximum atomic E-state index is 12.7. The molecule has 0 bridgehead atoms. The van der Waals surface area contributed by atoms with Crippen molar-refractivity contribution in [3.8, 4) is 5.69 Å². The molecule has 2 heterocycles. The number of carboxylic acids is 1. The van der Waals surface area contributed by atoms with Gasteiger partial charge in [0.15, 0.2) is 0 Å². The zero-order valence-electron chi connectivity index (χ0n) is 12.3. The molecule has 8 nitrogen and oxygen atoms in total. The first-order chi connectivity index (χ1) is 11.1. The molecule has 0 radical (unpaired) electrons. The van der Waals surface area contributed by atoms with Crippen molar-refractivity contribution < 1.29 is 19.4 Å². The minimum absolute atomic E-state index is 0.130. The number of hydrogen-bond acceptors (Lipinski definition) is 5. The van der Waals surface area contributed by atoms with Gasteiger partial charge in [-0.05, 0) is 18.2 Å². The number of aromatic nitrogens is 3. The summed E-state index contributed by atoms with van der Waals surface area (Å²) >= 11 is 0. The lowest BCUT2D eigenvalue weighted by atomic mass is 10.1. The highest BCUT2D eigenvalue weighted by Gasteiger charge is 2.29. The van der Waals surface area contributed by atoms with Gasteiger partial charge in [0.1, 0.15) is 0 Å². The summed E-state index contributed by atoms with van der Waals surface area (Å²) in [7, 11) is 0. The van der Waals surface area contributed by atoms with Gasteiger partial charge in [-0.1, -0.05) is 11.3 Å². The van der Waals surface area contributed by atoms with Gasteiger partial charge in [-0.2, -0.15) is 0 Å². The molecule has 1 atom stereocenters. The Kier molecular flexibility index (Phi) is 4.33. The Morgan fingerprint density at radius 2 is 2.26 bits per heavy atom. The number of morpholine rings is 1. The summed E-state index contributed by atoms with van der Waals surface area (Å²) in [6.07, 6.45) is 3.11. The smallest absolute Gasteiger partial charge is 0.305 e. The van der Waals surface area contributed by atoms with Gasteiger partial charge in [0.2, 0.25) is 0 Å². The third-order valence-electron chi connectivity index (χ3n) is 3.68. The molecule has 1 aromatic heterocycles. The predicted octanol–water partition coefficient (Wildman–Crippen LogP) is 0.583. The summed E-state index contributed by atoms with van der Waals surface area (Å²) in [5.74, 6) is -1.16. The van der Waals surface area contributed by atoms with Crippen LogP contribution in [-0.4, -0.2) is 62.7 Å². The number of nitrogens with zero attached hydrogens (tertiary/aromatic N) is 4. The van der Waals surface area contributed by atoms with Crippen LogP contribution in [0.25, 0.3) is 5.69 Å². The third-order valence-corrected chi connectivity index (χ3v) is 3.68. The molecular formula is C15H16N4O4. The largest absolute Gasteiger partial charge is 0.481 e. The van der Waals surface area contributed by atoms with Gasteiger partial charge in [-0.25, -0.2) is 4.68 Å². The Labute approximate surface area is 132 Å². The van der Waals surface area contributed by atoms with Gasteiger partial charge in [0.25, 0.3) is 5.91 Å².